The van der Waals surface area contributed by atoms with Crippen LogP contribution in [0.25, 0.3) is 0 Å². The van der Waals surface area contributed by atoms with Crippen LogP contribution >= 0.6 is 0 Å². The van der Waals surface area contributed by atoms with E-state index < -0.39 is 11.9 Å². The number of aliphatic hydroxyl groups excluding tert-OH is 1. The molecular formula is C24H31N3O5. The van der Waals surface area contributed by atoms with Crippen LogP contribution in [0, 0.1) is 5.92 Å². The van der Waals surface area contributed by atoms with E-state index in [1.165, 1.54) is 12.8 Å². The molecule has 1 unspecified atom stereocenters. The van der Waals surface area contributed by atoms with Crippen LogP contribution in [-0.2, 0) is 16.1 Å². The molecule has 0 spiro atoms. The average Bonchev–Trinajstić information content (AvgIpc) is 3.07. The van der Waals surface area contributed by atoms with Gasteiger partial charge in [-0.3, -0.25) is 24.6 Å². The van der Waals surface area contributed by atoms with Gasteiger partial charge in [-0.05, 0) is 68.3 Å². The van der Waals surface area contributed by atoms with Crippen molar-refractivity contribution in [2.24, 2.45) is 5.92 Å². The van der Waals surface area contributed by atoms with Gasteiger partial charge in [0.15, 0.2) is 0 Å². The predicted molar refractivity (Wildman–Crippen MR) is 116 cm³/mol. The van der Waals surface area contributed by atoms with E-state index in [1.54, 1.807) is 11.0 Å². The molecule has 3 aliphatic heterocycles. The van der Waals surface area contributed by atoms with Crippen LogP contribution in [0.2, 0.25) is 0 Å². The smallest absolute Gasteiger partial charge is 0.255 e. The molecule has 0 aromatic heterocycles. The van der Waals surface area contributed by atoms with Gasteiger partial charge in [-0.25, -0.2) is 0 Å². The van der Waals surface area contributed by atoms with Crippen LogP contribution in [0.5, 0.6) is 5.75 Å². The van der Waals surface area contributed by atoms with Crippen LogP contribution in [0.4, 0.5) is 0 Å². The van der Waals surface area contributed by atoms with Crippen LogP contribution in [-0.4, -0.2) is 70.5 Å². The normalized spacial score (nSPS) is 30.7. The standard InChI is InChI=1S/C24H31N3O5/c28-18-9-15(10-18)12-26-8-2-1-3-17(26)14-32-19-4-5-20-16(11-19)13-27(24(20)31)21-6-7-22(29)25-23(21)30/h4-5,11,15,17-18,21,28H,1-3,6-10,12-14H2,(H,25,29,30)/t15-,17-,18-,21?/m1/s1. The van der Waals surface area contributed by atoms with E-state index in [9.17, 15) is 19.5 Å². The van der Waals surface area contributed by atoms with Gasteiger partial charge in [-0.15, -0.1) is 0 Å². The van der Waals surface area contributed by atoms with Crippen molar-refractivity contribution in [1.29, 1.82) is 0 Å². The summed E-state index contributed by atoms with van der Waals surface area (Å²) in [7, 11) is 0. The summed E-state index contributed by atoms with van der Waals surface area (Å²) in [6.07, 6.45) is 5.85. The number of nitrogens with zero attached hydrogens (tertiary/aromatic N) is 2. The predicted octanol–water partition coefficient (Wildman–Crippen LogP) is 1.45. The summed E-state index contributed by atoms with van der Waals surface area (Å²) in [5, 5.41) is 11.9. The molecule has 0 radical (unpaired) electrons. The van der Waals surface area contributed by atoms with Gasteiger partial charge < -0.3 is 14.7 Å². The molecule has 3 amide bonds. The number of hydrogen-bond donors (Lipinski definition) is 2. The highest BCUT2D eigenvalue weighted by molar-refractivity contribution is 6.05. The van der Waals surface area contributed by atoms with Crippen molar-refractivity contribution in [3.05, 3.63) is 29.3 Å². The van der Waals surface area contributed by atoms with Gasteiger partial charge in [-0.2, -0.15) is 0 Å². The van der Waals surface area contributed by atoms with Gasteiger partial charge in [0.05, 0.1) is 6.10 Å². The number of carbonyl (C=O) groups excluding carboxylic acids is 3. The molecule has 4 aliphatic rings. The first-order valence-corrected chi connectivity index (χ1v) is 11.8. The van der Waals surface area contributed by atoms with Crippen LogP contribution in [0.3, 0.4) is 0 Å². The summed E-state index contributed by atoms with van der Waals surface area (Å²) in [6.45, 7) is 3.08. The minimum absolute atomic E-state index is 0.117. The Morgan fingerprint density at radius 3 is 2.75 bits per heavy atom. The number of imide groups is 1. The maximum Gasteiger partial charge on any atom is 0.255 e. The highest BCUT2D eigenvalue weighted by Crippen LogP contribution is 2.32. The van der Waals surface area contributed by atoms with Gasteiger partial charge in [0.1, 0.15) is 18.4 Å². The second-order valence-corrected chi connectivity index (χ2v) is 9.67. The van der Waals surface area contributed by atoms with Crippen molar-refractivity contribution in [3.8, 4) is 5.75 Å². The van der Waals surface area contributed by atoms with E-state index in [2.05, 4.69) is 10.2 Å². The third-order valence-electron chi connectivity index (χ3n) is 7.39. The Bertz CT molecular complexity index is 913. The van der Waals surface area contributed by atoms with Crippen LogP contribution in [0.15, 0.2) is 18.2 Å². The molecule has 3 heterocycles. The first-order chi connectivity index (χ1) is 15.5. The lowest BCUT2D eigenvalue weighted by Crippen LogP contribution is -2.52. The fourth-order valence-electron chi connectivity index (χ4n) is 5.50. The Morgan fingerprint density at radius 1 is 1.12 bits per heavy atom. The number of amides is 3. The number of ether oxygens (including phenoxy) is 1. The lowest BCUT2D eigenvalue weighted by molar-refractivity contribution is -0.136. The van der Waals surface area contributed by atoms with Gasteiger partial charge in [0, 0.05) is 31.1 Å². The third kappa shape index (κ3) is 4.26. The molecule has 1 aliphatic carbocycles. The van der Waals surface area contributed by atoms with Crippen molar-refractivity contribution >= 4 is 17.7 Å². The number of aliphatic hydroxyl groups is 1. The molecule has 3 fully saturated rings. The maximum absolute atomic E-state index is 12.8. The monoisotopic (exact) mass is 441 g/mol. The quantitative estimate of drug-likeness (QED) is 0.649. The molecule has 2 saturated heterocycles. The van der Waals surface area contributed by atoms with Crippen molar-refractivity contribution in [3.63, 3.8) is 0 Å². The highest BCUT2D eigenvalue weighted by Gasteiger charge is 2.39. The zero-order valence-corrected chi connectivity index (χ0v) is 18.3. The molecule has 2 N–H and O–H groups in total. The number of rotatable bonds is 6. The summed E-state index contributed by atoms with van der Waals surface area (Å²) in [6, 6.07) is 5.30. The van der Waals surface area contributed by atoms with E-state index in [0.29, 0.717) is 37.1 Å². The Hall–Kier alpha value is -2.45. The fraction of sp³-hybridized carbons (Fsp3) is 0.625. The molecule has 8 nitrogen and oxygen atoms in total. The maximum atomic E-state index is 12.8. The summed E-state index contributed by atoms with van der Waals surface area (Å²) in [5.41, 5.74) is 1.46. The van der Waals surface area contributed by atoms with Gasteiger partial charge in [-0.1, -0.05) is 6.42 Å². The van der Waals surface area contributed by atoms with Crippen LogP contribution < -0.4 is 10.1 Å². The lowest BCUT2D eigenvalue weighted by atomic mass is 9.81. The average molecular weight is 442 g/mol. The van der Waals surface area contributed by atoms with E-state index in [1.807, 2.05) is 12.1 Å². The summed E-state index contributed by atoms with van der Waals surface area (Å²) in [4.78, 5) is 40.6. The molecule has 1 saturated carbocycles. The topological polar surface area (TPSA) is 99.2 Å². The fourth-order valence-corrected chi connectivity index (χ4v) is 5.50. The van der Waals surface area contributed by atoms with E-state index in [-0.39, 0.29) is 24.3 Å². The lowest BCUT2D eigenvalue weighted by Gasteiger charge is -2.41. The summed E-state index contributed by atoms with van der Waals surface area (Å²) in [5.74, 6) is 0.495. The molecule has 1 aromatic rings. The van der Waals surface area contributed by atoms with Gasteiger partial charge in [0.2, 0.25) is 11.8 Å². The number of fused-ring (bicyclic) bond motifs is 1. The first-order valence-electron chi connectivity index (χ1n) is 11.8. The molecule has 1 aromatic carbocycles. The van der Waals surface area contributed by atoms with E-state index >= 15 is 0 Å². The van der Waals surface area contributed by atoms with Gasteiger partial charge >= 0.3 is 0 Å². The molecular weight excluding hydrogens is 410 g/mol. The minimum Gasteiger partial charge on any atom is -0.492 e. The third-order valence-corrected chi connectivity index (χ3v) is 7.39. The Morgan fingerprint density at radius 2 is 1.97 bits per heavy atom. The number of nitrogens with one attached hydrogen (secondary N) is 1. The molecule has 32 heavy (non-hydrogen) atoms. The zero-order chi connectivity index (χ0) is 22.2. The van der Waals surface area contributed by atoms with Gasteiger partial charge in [0.25, 0.3) is 5.91 Å². The summed E-state index contributed by atoms with van der Waals surface area (Å²) >= 11 is 0. The molecule has 8 heteroatoms. The highest BCUT2D eigenvalue weighted by atomic mass is 16.5. The number of piperidine rings is 2. The van der Waals surface area contributed by atoms with Crippen LogP contribution in [0.1, 0.15) is 60.9 Å². The molecule has 0 bridgehead atoms. The summed E-state index contributed by atoms with van der Waals surface area (Å²) < 4.78 is 6.16. The molecule has 2 atom stereocenters. The Kier molecular flexibility index (Phi) is 5.90. The number of benzene rings is 1. The zero-order valence-electron chi connectivity index (χ0n) is 18.3. The second-order valence-electron chi connectivity index (χ2n) is 9.67. The SMILES string of the molecule is O=C1CCC(N2Cc3cc(OC[C@H]4CCCCN4C[C@H]4C[C@H](O)C4)ccc3C2=O)C(=O)N1. The van der Waals surface area contributed by atoms with Crippen molar-refractivity contribution < 1.29 is 24.2 Å². The second kappa shape index (κ2) is 8.83. The van der Waals surface area contributed by atoms with Crippen molar-refractivity contribution in [2.75, 3.05) is 19.7 Å². The van der Waals surface area contributed by atoms with E-state index in [4.69, 9.17) is 4.74 Å². The van der Waals surface area contributed by atoms with E-state index in [0.717, 1.165) is 43.7 Å². The number of carbonyl (C=O) groups is 3. The van der Waals surface area contributed by atoms with Crippen molar-refractivity contribution in [2.45, 2.75) is 69.7 Å². The van der Waals surface area contributed by atoms with Crippen molar-refractivity contribution in [1.82, 2.24) is 15.1 Å². The largest absolute Gasteiger partial charge is 0.492 e. The Balaban J connectivity index is 1.20. The number of hydrogen-bond acceptors (Lipinski definition) is 6. The number of likely N-dealkylation sites (tertiary alicyclic amines) is 1. The minimum atomic E-state index is -0.599. The first kappa shape index (κ1) is 21.4. The Labute approximate surface area is 187 Å². The molecule has 5 rings (SSSR count). The molecule has 172 valence electrons.